The molecule has 0 saturated carbocycles. The standard InChI is InChI=1S/C7H6BrNS2/c8-7-2-1-6(11-7)3-4-9-5-10/h1-2H,3-4H2. The van der Waals surface area contributed by atoms with E-state index < -0.39 is 0 Å². The SMILES string of the molecule is S=C=NCCc1ccc(Br)s1. The molecule has 1 rings (SSSR count). The summed E-state index contributed by atoms with van der Waals surface area (Å²) < 4.78 is 1.17. The maximum atomic E-state index is 4.45. The fourth-order valence-electron chi connectivity index (χ4n) is 0.698. The number of rotatable bonds is 3. The highest BCUT2D eigenvalue weighted by molar-refractivity contribution is 9.11. The van der Waals surface area contributed by atoms with Crippen molar-refractivity contribution in [3.63, 3.8) is 0 Å². The van der Waals surface area contributed by atoms with Gasteiger partial charge in [0.2, 0.25) is 0 Å². The van der Waals surface area contributed by atoms with Crippen molar-refractivity contribution in [2.75, 3.05) is 6.54 Å². The van der Waals surface area contributed by atoms with Gasteiger partial charge in [0.25, 0.3) is 0 Å². The highest BCUT2D eigenvalue weighted by Crippen LogP contribution is 2.22. The molecule has 0 aromatic carbocycles. The van der Waals surface area contributed by atoms with E-state index in [4.69, 9.17) is 0 Å². The van der Waals surface area contributed by atoms with Gasteiger partial charge in [-0.3, -0.25) is 0 Å². The number of halogens is 1. The van der Waals surface area contributed by atoms with E-state index in [-0.39, 0.29) is 0 Å². The number of hydrogen-bond acceptors (Lipinski definition) is 3. The van der Waals surface area contributed by atoms with E-state index in [1.807, 2.05) is 6.07 Å². The molecule has 1 heterocycles. The van der Waals surface area contributed by atoms with Gasteiger partial charge in [-0.25, -0.2) is 4.99 Å². The zero-order valence-electron chi connectivity index (χ0n) is 5.71. The van der Waals surface area contributed by atoms with Crippen molar-refractivity contribution in [2.45, 2.75) is 6.42 Å². The quantitative estimate of drug-likeness (QED) is 0.591. The Bertz CT molecular complexity index is 276. The first-order valence-electron chi connectivity index (χ1n) is 3.11. The van der Waals surface area contributed by atoms with Gasteiger partial charge < -0.3 is 0 Å². The van der Waals surface area contributed by atoms with Crippen LogP contribution in [0.25, 0.3) is 0 Å². The smallest absolute Gasteiger partial charge is 0.0701 e. The topological polar surface area (TPSA) is 12.4 Å². The van der Waals surface area contributed by atoms with Crippen LogP contribution in [0.5, 0.6) is 0 Å². The van der Waals surface area contributed by atoms with Crippen LogP contribution in [0.2, 0.25) is 0 Å². The predicted molar refractivity (Wildman–Crippen MR) is 55.6 cm³/mol. The summed E-state index contributed by atoms with van der Waals surface area (Å²) in [5, 5.41) is 2.35. The molecule has 0 bridgehead atoms. The van der Waals surface area contributed by atoms with E-state index in [2.05, 4.69) is 44.4 Å². The lowest BCUT2D eigenvalue weighted by Crippen LogP contribution is -1.82. The van der Waals surface area contributed by atoms with Crippen molar-refractivity contribution in [2.24, 2.45) is 4.99 Å². The van der Waals surface area contributed by atoms with Crippen molar-refractivity contribution >= 4 is 44.6 Å². The molecule has 0 aliphatic rings. The van der Waals surface area contributed by atoms with Gasteiger partial charge in [0.15, 0.2) is 0 Å². The Kier molecular flexibility index (Phi) is 3.94. The van der Waals surface area contributed by atoms with Gasteiger partial charge in [0, 0.05) is 11.3 Å². The van der Waals surface area contributed by atoms with Gasteiger partial charge in [-0.05, 0) is 40.3 Å². The molecule has 1 nitrogen and oxygen atoms in total. The molecule has 0 spiro atoms. The Morgan fingerprint density at radius 2 is 2.45 bits per heavy atom. The van der Waals surface area contributed by atoms with Crippen molar-refractivity contribution in [1.29, 1.82) is 0 Å². The number of nitrogens with zero attached hydrogens (tertiary/aromatic N) is 1. The lowest BCUT2D eigenvalue weighted by molar-refractivity contribution is 0.997. The lowest BCUT2D eigenvalue weighted by atomic mass is 10.3. The van der Waals surface area contributed by atoms with Crippen LogP contribution in [-0.2, 0) is 6.42 Å². The first-order valence-corrected chi connectivity index (χ1v) is 5.12. The maximum Gasteiger partial charge on any atom is 0.0701 e. The first-order chi connectivity index (χ1) is 5.33. The van der Waals surface area contributed by atoms with Crippen molar-refractivity contribution in [3.8, 4) is 0 Å². The van der Waals surface area contributed by atoms with E-state index in [1.165, 1.54) is 8.66 Å². The van der Waals surface area contributed by atoms with Crippen LogP contribution in [-0.4, -0.2) is 11.7 Å². The van der Waals surface area contributed by atoms with Crippen molar-refractivity contribution in [1.82, 2.24) is 0 Å². The third-order valence-corrected chi connectivity index (χ3v) is 2.98. The van der Waals surface area contributed by atoms with E-state index in [0.717, 1.165) is 13.0 Å². The fraction of sp³-hybridized carbons (Fsp3) is 0.286. The third kappa shape index (κ3) is 3.25. The number of thiophene rings is 1. The minimum absolute atomic E-state index is 0.746. The van der Waals surface area contributed by atoms with Gasteiger partial charge >= 0.3 is 0 Å². The number of thiocarbonyl (C=S) groups is 1. The van der Waals surface area contributed by atoms with Crippen molar-refractivity contribution in [3.05, 3.63) is 20.8 Å². The largest absolute Gasteiger partial charge is 0.232 e. The summed E-state index contributed by atoms with van der Waals surface area (Å²) in [5.41, 5.74) is 0. The molecule has 0 saturated heterocycles. The summed E-state index contributed by atoms with van der Waals surface area (Å²) in [6, 6.07) is 4.13. The molecule has 1 aromatic heterocycles. The zero-order chi connectivity index (χ0) is 8.10. The Balaban J connectivity index is 2.44. The second-order valence-corrected chi connectivity index (χ2v) is 4.66. The number of aliphatic imine (C=N–C) groups is 1. The van der Waals surface area contributed by atoms with Crippen LogP contribution in [0.1, 0.15) is 4.88 Å². The summed E-state index contributed by atoms with van der Waals surface area (Å²) >= 11 is 9.58. The monoisotopic (exact) mass is 247 g/mol. The fourth-order valence-corrected chi connectivity index (χ4v) is 2.26. The molecule has 58 valence electrons. The van der Waals surface area contributed by atoms with Gasteiger partial charge in [0.1, 0.15) is 0 Å². The summed E-state index contributed by atoms with van der Waals surface area (Å²) in [4.78, 5) is 5.16. The Morgan fingerprint density at radius 3 is 3.00 bits per heavy atom. The minimum Gasteiger partial charge on any atom is -0.232 e. The number of hydrogen-bond donors (Lipinski definition) is 0. The third-order valence-electron chi connectivity index (χ3n) is 1.16. The molecule has 0 unspecified atom stereocenters. The lowest BCUT2D eigenvalue weighted by Gasteiger charge is -1.87. The molecule has 0 amide bonds. The van der Waals surface area contributed by atoms with Crippen LogP contribution in [0.3, 0.4) is 0 Å². The molecular formula is C7H6BrNS2. The summed E-state index contributed by atoms with van der Waals surface area (Å²) in [7, 11) is 0. The average Bonchev–Trinajstić information content (AvgIpc) is 2.37. The molecule has 0 aliphatic heterocycles. The first kappa shape index (κ1) is 9.07. The molecular weight excluding hydrogens is 242 g/mol. The Labute approximate surface area is 83.3 Å². The van der Waals surface area contributed by atoms with Crippen LogP contribution in [0.15, 0.2) is 20.9 Å². The van der Waals surface area contributed by atoms with Crippen LogP contribution >= 0.6 is 39.5 Å². The molecule has 4 heteroatoms. The number of isothiocyanates is 1. The van der Waals surface area contributed by atoms with Crippen LogP contribution in [0, 0.1) is 0 Å². The summed E-state index contributed by atoms with van der Waals surface area (Å²) in [5.74, 6) is 0. The van der Waals surface area contributed by atoms with E-state index in [9.17, 15) is 0 Å². The predicted octanol–water partition coefficient (Wildman–Crippen LogP) is 3.16. The highest BCUT2D eigenvalue weighted by Gasteiger charge is 1.95. The average molecular weight is 248 g/mol. The molecule has 0 radical (unpaired) electrons. The maximum absolute atomic E-state index is 4.45. The van der Waals surface area contributed by atoms with Crippen LogP contribution in [0.4, 0.5) is 0 Å². The normalized spacial score (nSPS) is 9.18. The molecule has 0 N–H and O–H groups in total. The van der Waals surface area contributed by atoms with Crippen LogP contribution < -0.4 is 0 Å². The van der Waals surface area contributed by atoms with E-state index >= 15 is 0 Å². The zero-order valence-corrected chi connectivity index (χ0v) is 8.93. The highest BCUT2D eigenvalue weighted by atomic mass is 79.9. The van der Waals surface area contributed by atoms with E-state index in [1.54, 1.807) is 11.3 Å². The minimum atomic E-state index is 0.746. The second kappa shape index (κ2) is 4.78. The van der Waals surface area contributed by atoms with E-state index in [0.29, 0.717) is 0 Å². The Morgan fingerprint density at radius 1 is 1.64 bits per heavy atom. The van der Waals surface area contributed by atoms with Crippen molar-refractivity contribution < 1.29 is 0 Å². The van der Waals surface area contributed by atoms with Gasteiger partial charge in [-0.2, -0.15) is 0 Å². The molecule has 0 atom stereocenters. The second-order valence-electron chi connectivity index (χ2n) is 1.93. The Hall–Kier alpha value is -0.0200. The molecule has 0 fully saturated rings. The van der Waals surface area contributed by atoms with Gasteiger partial charge in [-0.1, -0.05) is 0 Å². The van der Waals surface area contributed by atoms with Gasteiger partial charge in [-0.15, -0.1) is 11.3 Å². The van der Waals surface area contributed by atoms with Gasteiger partial charge in [0.05, 0.1) is 15.5 Å². The summed E-state index contributed by atoms with van der Waals surface area (Å²) in [6.07, 6.45) is 0.958. The molecule has 11 heavy (non-hydrogen) atoms. The summed E-state index contributed by atoms with van der Waals surface area (Å²) in [6.45, 7) is 0.746. The molecule has 1 aromatic rings. The molecule has 0 aliphatic carbocycles.